The quantitative estimate of drug-likeness (QED) is 0.374. The minimum atomic E-state index is 0.296. The topological polar surface area (TPSA) is 12.9 Å². The molecule has 3 aromatic rings. The second-order valence-corrected chi connectivity index (χ2v) is 8.97. The van der Waals surface area contributed by atoms with Crippen LogP contribution in [0.3, 0.4) is 0 Å². The van der Waals surface area contributed by atoms with E-state index in [0.29, 0.717) is 5.41 Å². The van der Waals surface area contributed by atoms with Crippen molar-refractivity contribution in [1.82, 2.24) is 4.98 Å². The van der Waals surface area contributed by atoms with Crippen molar-refractivity contribution in [3.05, 3.63) is 78.0 Å². The van der Waals surface area contributed by atoms with Crippen molar-refractivity contribution in [3.8, 4) is 22.4 Å². The normalized spacial score (nSPS) is 22.8. The van der Waals surface area contributed by atoms with Crippen molar-refractivity contribution in [2.45, 2.75) is 65.2 Å². The van der Waals surface area contributed by atoms with Crippen LogP contribution in [-0.4, -0.2) is 4.98 Å². The van der Waals surface area contributed by atoms with Gasteiger partial charge in [-0.3, -0.25) is 4.98 Å². The van der Waals surface area contributed by atoms with Gasteiger partial charge in [-0.05, 0) is 71.6 Å². The fourth-order valence-electron chi connectivity index (χ4n) is 5.77. The molecule has 156 valence electrons. The molecule has 1 saturated carbocycles. The number of unbranched alkanes of at least 4 members (excludes halogenated alkanes) is 1. The number of hydrogen-bond acceptors (Lipinski definition) is 1. The lowest BCUT2D eigenvalue weighted by atomic mass is 9.82. The molecule has 0 aliphatic heterocycles. The first-order chi connectivity index (χ1) is 14.7. The zero-order valence-corrected chi connectivity index (χ0v) is 19.0. The number of aryl methyl sites for hydroxylation is 1. The van der Waals surface area contributed by atoms with E-state index in [0.717, 1.165) is 17.5 Å². The summed E-state index contributed by atoms with van der Waals surface area (Å²) in [5.74, 6) is 1.51. The van der Waals surface area contributed by atoms with Gasteiger partial charge in [0.15, 0.2) is 0 Å². The number of rotatable bonds is 8. The molecule has 1 heterocycles. The van der Waals surface area contributed by atoms with Gasteiger partial charge in [-0.15, -0.1) is 0 Å². The molecule has 0 radical (unpaired) electrons. The highest BCUT2D eigenvalue weighted by atomic mass is 14.7. The smallest absolute Gasteiger partial charge is 0.0705 e. The average molecular weight is 398 g/mol. The van der Waals surface area contributed by atoms with Crippen LogP contribution < -0.4 is 0 Å². The molecule has 2 aromatic carbocycles. The zero-order chi connectivity index (χ0) is 21.1. The highest BCUT2D eigenvalue weighted by molar-refractivity contribution is 5.76. The lowest BCUT2D eigenvalue weighted by Gasteiger charge is -2.22. The second kappa shape index (κ2) is 8.76. The average Bonchev–Trinajstić information content (AvgIpc) is 3.41. The zero-order valence-electron chi connectivity index (χ0n) is 19.0. The first-order valence-electron chi connectivity index (χ1n) is 11.8. The van der Waals surface area contributed by atoms with Crippen LogP contribution in [0.15, 0.2) is 66.9 Å². The summed E-state index contributed by atoms with van der Waals surface area (Å²) < 4.78 is 0. The molecule has 1 aromatic heterocycles. The molecule has 30 heavy (non-hydrogen) atoms. The summed E-state index contributed by atoms with van der Waals surface area (Å²) in [6.45, 7) is 9.38. The Morgan fingerprint density at radius 2 is 1.67 bits per heavy atom. The van der Waals surface area contributed by atoms with E-state index in [-0.39, 0.29) is 0 Å². The Labute approximate surface area is 182 Å². The van der Waals surface area contributed by atoms with Crippen LogP contribution in [0.4, 0.5) is 0 Å². The van der Waals surface area contributed by atoms with Crippen LogP contribution in [0.25, 0.3) is 22.4 Å². The van der Waals surface area contributed by atoms with Crippen LogP contribution in [-0.2, 0) is 11.8 Å². The molecule has 0 saturated heterocycles. The van der Waals surface area contributed by atoms with E-state index >= 15 is 0 Å². The Balaban J connectivity index is 1.77. The molecule has 1 heteroatoms. The Bertz CT molecular complexity index is 973. The maximum Gasteiger partial charge on any atom is 0.0705 e. The van der Waals surface area contributed by atoms with E-state index in [1.54, 1.807) is 0 Å². The van der Waals surface area contributed by atoms with Crippen LogP contribution in [0, 0.1) is 11.8 Å². The van der Waals surface area contributed by atoms with Gasteiger partial charge in [-0.1, -0.05) is 83.0 Å². The van der Waals surface area contributed by atoms with Gasteiger partial charge in [0.2, 0.25) is 0 Å². The molecule has 1 aliphatic carbocycles. The standard InChI is InChI=1S/C29H35N/c1-5-8-11-22-13-15-23(16-14-22)24-17-18-27(29(7-3)21(4)26(29)6-2)25(20-24)28-12-9-10-19-30-28/h9-10,12-21,26H,5-8,11H2,1-4H3. The third kappa shape index (κ3) is 3.60. The number of nitrogens with zero attached hydrogens (tertiary/aromatic N) is 1. The van der Waals surface area contributed by atoms with Crippen molar-refractivity contribution in [3.63, 3.8) is 0 Å². The molecule has 0 N–H and O–H groups in total. The molecular formula is C29H35N. The van der Waals surface area contributed by atoms with E-state index in [1.165, 1.54) is 59.9 Å². The highest BCUT2D eigenvalue weighted by Crippen LogP contribution is 2.64. The summed E-state index contributed by atoms with van der Waals surface area (Å²) in [5, 5.41) is 0. The van der Waals surface area contributed by atoms with Crippen LogP contribution >= 0.6 is 0 Å². The van der Waals surface area contributed by atoms with Crippen molar-refractivity contribution in [1.29, 1.82) is 0 Å². The Kier molecular flexibility index (Phi) is 6.09. The van der Waals surface area contributed by atoms with Gasteiger partial charge in [0.05, 0.1) is 5.69 Å². The molecule has 3 unspecified atom stereocenters. The van der Waals surface area contributed by atoms with E-state index in [4.69, 9.17) is 4.98 Å². The number of hydrogen-bond donors (Lipinski definition) is 0. The van der Waals surface area contributed by atoms with Gasteiger partial charge in [0, 0.05) is 17.2 Å². The first kappa shape index (κ1) is 20.8. The van der Waals surface area contributed by atoms with Gasteiger partial charge in [-0.2, -0.15) is 0 Å². The Morgan fingerprint density at radius 1 is 0.900 bits per heavy atom. The summed E-state index contributed by atoms with van der Waals surface area (Å²) in [6.07, 6.45) is 8.03. The van der Waals surface area contributed by atoms with Crippen molar-refractivity contribution < 1.29 is 0 Å². The van der Waals surface area contributed by atoms with Gasteiger partial charge in [0.25, 0.3) is 0 Å². The molecular weight excluding hydrogens is 362 g/mol. The lowest BCUT2D eigenvalue weighted by molar-refractivity contribution is 0.565. The highest BCUT2D eigenvalue weighted by Gasteiger charge is 2.60. The van der Waals surface area contributed by atoms with Crippen molar-refractivity contribution in [2.75, 3.05) is 0 Å². The molecule has 1 fully saturated rings. The summed E-state index contributed by atoms with van der Waals surface area (Å²) >= 11 is 0. The van der Waals surface area contributed by atoms with Gasteiger partial charge < -0.3 is 0 Å². The predicted molar refractivity (Wildman–Crippen MR) is 129 cm³/mol. The molecule has 4 rings (SSSR count). The van der Waals surface area contributed by atoms with Crippen LogP contribution in [0.1, 0.15) is 64.5 Å². The van der Waals surface area contributed by atoms with Crippen molar-refractivity contribution >= 4 is 0 Å². The molecule has 1 nitrogen and oxygen atoms in total. The number of aromatic nitrogens is 1. The van der Waals surface area contributed by atoms with E-state index < -0.39 is 0 Å². The molecule has 0 amide bonds. The minimum Gasteiger partial charge on any atom is -0.256 e. The fraction of sp³-hybridized carbons (Fsp3) is 0.414. The monoisotopic (exact) mass is 397 g/mol. The van der Waals surface area contributed by atoms with Crippen LogP contribution in [0.5, 0.6) is 0 Å². The SMILES string of the molecule is CCCCc1ccc(-c2ccc(C3(CC)C(C)C3CC)c(-c3ccccn3)c2)cc1. The van der Waals surface area contributed by atoms with E-state index in [1.807, 2.05) is 12.3 Å². The summed E-state index contributed by atoms with van der Waals surface area (Å²) in [4.78, 5) is 4.74. The largest absolute Gasteiger partial charge is 0.256 e. The fourth-order valence-corrected chi connectivity index (χ4v) is 5.77. The molecule has 0 bridgehead atoms. The van der Waals surface area contributed by atoms with E-state index in [2.05, 4.69) is 82.3 Å². The summed E-state index contributed by atoms with van der Waals surface area (Å²) in [7, 11) is 0. The second-order valence-electron chi connectivity index (χ2n) is 8.97. The summed E-state index contributed by atoms with van der Waals surface area (Å²) in [5.41, 5.74) is 8.21. The summed E-state index contributed by atoms with van der Waals surface area (Å²) in [6, 6.07) is 22.5. The maximum atomic E-state index is 4.74. The van der Waals surface area contributed by atoms with Gasteiger partial charge >= 0.3 is 0 Å². The maximum absolute atomic E-state index is 4.74. The third-order valence-corrected chi connectivity index (χ3v) is 7.56. The van der Waals surface area contributed by atoms with Gasteiger partial charge in [-0.25, -0.2) is 0 Å². The van der Waals surface area contributed by atoms with Crippen molar-refractivity contribution in [2.24, 2.45) is 11.8 Å². The Hall–Kier alpha value is -2.41. The number of pyridine rings is 1. The number of benzene rings is 2. The van der Waals surface area contributed by atoms with Crippen LogP contribution in [0.2, 0.25) is 0 Å². The first-order valence-corrected chi connectivity index (χ1v) is 11.8. The van der Waals surface area contributed by atoms with Gasteiger partial charge in [0.1, 0.15) is 0 Å². The molecule has 0 spiro atoms. The lowest BCUT2D eigenvalue weighted by Crippen LogP contribution is -2.12. The Morgan fingerprint density at radius 3 is 2.27 bits per heavy atom. The predicted octanol–water partition coefficient (Wildman–Crippen LogP) is 8.08. The molecule has 3 atom stereocenters. The van der Waals surface area contributed by atoms with E-state index in [9.17, 15) is 0 Å². The third-order valence-electron chi connectivity index (χ3n) is 7.56. The minimum absolute atomic E-state index is 0.296. The molecule has 1 aliphatic rings.